The second-order valence-corrected chi connectivity index (χ2v) is 4.90. The van der Waals surface area contributed by atoms with Gasteiger partial charge in [0.1, 0.15) is 0 Å². The van der Waals surface area contributed by atoms with Crippen molar-refractivity contribution < 1.29 is 0 Å². The van der Waals surface area contributed by atoms with E-state index in [4.69, 9.17) is 0 Å². The maximum Gasteiger partial charge on any atom is -0.0124 e. The van der Waals surface area contributed by atoms with E-state index >= 15 is 0 Å². The zero-order chi connectivity index (χ0) is 12.3. The lowest BCUT2D eigenvalue weighted by Crippen LogP contribution is -1.87. The van der Waals surface area contributed by atoms with Crippen LogP contribution in [0.2, 0.25) is 0 Å². The summed E-state index contributed by atoms with van der Waals surface area (Å²) in [4.78, 5) is 0. The number of unbranched alkanes of at least 4 members (excludes halogenated alkanes) is 6. The Kier molecular flexibility index (Phi) is 7.79. The Morgan fingerprint density at radius 1 is 0.824 bits per heavy atom. The van der Waals surface area contributed by atoms with Crippen molar-refractivity contribution in [1.82, 2.24) is 0 Å². The molecule has 0 aromatic heterocycles. The van der Waals surface area contributed by atoms with E-state index in [0.717, 1.165) is 0 Å². The van der Waals surface area contributed by atoms with Crippen molar-refractivity contribution in [3.05, 3.63) is 41.8 Å². The minimum Gasteiger partial charge on any atom is -0.0654 e. The van der Waals surface area contributed by atoms with E-state index in [2.05, 4.69) is 44.5 Å². The lowest BCUT2D eigenvalue weighted by Gasteiger charge is -2.03. The molecule has 0 saturated carbocycles. The first-order valence-corrected chi connectivity index (χ1v) is 7.25. The zero-order valence-corrected chi connectivity index (χ0v) is 11.5. The van der Waals surface area contributed by atoms with Crippen molar-refractivity contribution >= 4 is 0 Å². The van der Waals surface area contributed by atoms with Gasteiger partial charge in [0.05, 0.1) is 0 Å². The van der Waals surface area contributed by atoms with Gasteiger partial charge in [-0.05, 0) is 30.4 Å². The average molecular weight is 231 g/mol. The van der Waals surface area contributed by atoms with E-state index < -0.39 is 0 Å². The molecule has 0 bridgehead atoms. The molecule has 0 fully saturated rings. The van der Waals surface area contributed by atoms with E-state index in [-0.39, 0.29) is 0 Å². The Morgan fingerprint density at radius 3 is 2.00 bits per heavy atom. The average Bonchev–Trinajstić information content (AvgIpc) is 2.38. The Morgan fingerprint density at radius 2 is 1.41 bits per heavy atom. The smallest absolute Gasteiger partial charge is 0.0124 e. The van der Waals surface area contributed by atoms with Crippen molar-refractivity contribution in [2.75, 3.05) is 0 Å². The molecule has 95 valence electrons. The molecule has 1 radical (unpaired) electrons. The van der Waals surface area contributed by atoms with E-state index in [1.807, 2.05) is 0 Å². The predicted octanol–water partition coefficient (Wildman–Crippen LogP) is 5.55. The van der Waals surface area contributed by atoms with E-state index in [9.17, 15) is 0 Å². The molecule has 0 saturated heterocycles. The summed E-state index contributed by atoms with van der Waals surface area (Å²) in [7, 11) is 0. The number of aryl methyl sites for hydroxylation is 1. The number of benzene rings is 1. The summed E-state index contributed by atoms with van der Waals surface area (Å²) in [6.07, 6.45) is 13.2. The summed E-state index contributed by atoms with van der Waals surface area (Å²) in [5.74, 6) is 0. The van der Waals surface area contributed by atoms with Crippen LogP contribution in [0.5, 0.6) is 0 Å². The molecule has 0 aliphatic rings. The molecule has 0 unspecified atom stereocenters. The number of rotatable bonds is 9. The maximum absolute atomic E-state index is 2.28. The molecule has 0 heterocycles. The molecule has 17 heavy (non-hydrogen) atoms. The third-order valence-corrected chi connectivity index (χ3v) is 3.38. The van der Waals surface area contributed by atoms with Crippen LogP contribution in [-0.2, 0) is 6.42 Å². The van der Waals surface area contributed by atoms with E-state index in [1.165, 1.54) is 62.5 Å². The molecule has 0 heteroatoms. The molecule has 0 nitrogen and oxygen atoms in total. The highest BCUT2D eigenvalue weighted by atomic mass is 14.0. The van der Waals surface area contributed by atoms with Gasteiger partial charge in [-0.3, -0.25) is 0 Å². The van der Waals surface area contributed by atoms with Crippen LogP contribution < -0.4 is 0 Å². The van der Waals surface area contributed by atoms with Gasteiger partial charge in [-0.25, -0.2) is 0 Å². The lowest BCUT2D eigenvalue weighted by atomic mass is 10.0. The zero-order valence-electron chi connectivity index (χ0n) is 11.5. The van der Waals surface area contributed by atoms with Crippen molar-refractivity contribution in [2.24, 2.45) is 0 Å². The summed E-state index contributed by atoms with van der Waals surface area (Å²) < 4.78 is 0. The van der Waals surface area contributed by atoms with Crippen LogP contribution in [0.3, 0.4) is 0 Å². The standard InChI is InChI=1S/C17H27/c1-3-5-6-7-8-9-10-11-17-14-12-16(4-2)13-15-17/h4,12-15H,3,5-11H2,1-2H3. The molecule has 0 N–H and O–H groups in total. The van der Waals surface area contributed by atoms with Gasteiger partial charge in [-0.15, -0.1) is 0 Å². The Balaban J connectivity index is 2.05. The quantitative estimate of drug-likeness (QED) is 0.489. The molecular weight excluding hydrogens is 204 g/mol. The van der Waals surface area contributed by atoms with Crippen LogP contribution in [0.1, 0.15) is 69.9 Å². The SMILES string of the molecule is C[CH]c1ccc(CCCCCCCCC)cc1. The molecular formula is C17H27. The maximum atomic E-state index is 2.28. The van der Waals surface area contributed by atoms with Crippen LogP contribution in [0.25, 0.3) is 0 Å². The molecule has 0 aliphatic carbocycles. The number of hydrogen-bond acceptors (Lipinski definition) is 0. The van der Waals surface area contributed by atoms with E-state index in [0.29, 0.717) is 0 Å². The van der Waals surface area contributed by atoms with Crippen LogP contribution in [0, 0.1) is 6.42 Å². The van der Waals surface area contributed by atoms with Gasteiger partial charge in [-0.2, -0.15) is 0 Å². The number of hydrogen-bond donors (Lipinski definition) is 0. The van der Waals surface area contributed by atoms with Gasteiger partial charge in [0, 0.05) is 0 Å². The third-order valence-electron chi connectivity index (χ3n) is 3.38. The van der Waals surface area contributed by atoms with Gasteiger partial charge in [0.2, 0.25) is 0 Å². The Bertz CT molecular complexity index is 271. The van der Waals surface area contributed by atoms with E-state index in [1.54, 1.807) is 0 Å². The van der Waals surface area contributed by atoms with Gasteiger partial charge >= 0.3 is 0 Å². The molecule has 0 spiro atoms. The Hall–Kier alpha value is -0.780. The van der Waals surface area contributed by atoms with Crippen molar-refractivity contribution in [3.8, 4) is 0 Å². The van der Waals surface area contributed by atoms with Crippen LogP contribution in [0.15, 0.2) is 24.3 Å². The predicted molar refractivity (Wildman–Crippen MR) is 77.2 cm³/mol. The fourth-order valence-corrected chi connectivity index (χ4v) is 2.16. The highest BCUT2D eigenvalue weighted by molar-refractivity contribution is 5.26. The second kappa shape index (κ2) is 9.27. The second-order valence-electron chi connectivity index (χ2n) is 4.90. The Labute approximate surface area is 107 Å². The first-order valence-electron chi connectivity index (χ1n) is 7.25. The van der Waals surface area contributed by atoms with Crippen LogP contribution in [0.4, 0.5) is 0 Å². The first-order chi connectivity index (χ1) is 8.36. The highest BCUT2D eigenvalue weighted by Crippen LogP contribution is 2.12. The summed E-state index contributed by atoms with van der Waals surface area (Å²) in [6.45, 7) is 4.36. The fraction of sp³-hybridized carbons (Fsp3) is 0.588. The summed E-state index contributed by atoms with van der Waals surface area (Å²) in [6, 6.07) is 8.98. The minimum atomic E-state index is 1.25. The highest BCUT2D eigenvalue weighted by Gasteiger charge is 1.95. The van der Waals surface area contributed by atoms with Gasteiger partial charge in [-0.1, -0.05) is 76.6 Å². The third kappa shape index (κ3) is 6.51. The molecule has 1 aromatic carbocycles. The topological polar surface area (TPSA) is 0 Å². The summed E-state index contributed by atoms with van der Waals surface area (Å²) in [5.41, 5.74) is 2.82. The van der Waals surface area contributed by atoms with Crippen molar-refractivity contribution in [2.45, 2.75) is 65.2 Å². The fourth-order valence-electron chi connectivity index (χ4n) is 2.16. The summed E-state index contributed by atoms with van der Waals surface area (Å²) in [5, 5.41) is 0. The lowest BCUT2D eigenvalue weighted by molar-refractivity contribution is 0.589. The molecule has 0 amide bonds. The van der Waals surface area contributed by atoms with Crippen LogP contribution >= 0.6 is 0 Å². The summed E-state index contributed by atoms with van der Waals surface area (Å²) >= 11 is 0. The van der Waals surface area contributed by atoms with Crippen molar-refractivity contribution in [1.29, 1.82) is 0 Å². The monoisotopic (exact) mass is 231 g/mol. The van der Waals surface area contributed by atoms with Crippen molar-refractivity contribution in [3.63, 3.8) is 0 Å². The molecule has 1 aromatic rings. The molecule has 0 atom stereocenters. The first kappa shape index (κ1) is 14.3. The normalized spacial score (nSPS) is 10.7. The van der Waals surface area contributed by atoms with Gasteiger partial charge in [0.15, 0.2) is 0 Å². The largest absolute Gasteiger partial charge is 0.0654 e. The van der Waals surface area contributed by atoms with Gasteiger partial charge < -0.3 is 0 Å². The molecule has 0 aliphatic heterocycles. The minimum absolute atomic E-state index is 1.25. The van der Waals surface area contributed by atoms with Gasteiger partial charge in [0.25, 0.3) is 0 Å². The molecule has 1 rings (SSSR count). The van der Waals surface area contributed by atoms with Crippen LogP contribution in [-0.4, -0.2) is 0 Å².